The Kier molecular flexibility index (Phi) is 4.47. The number of carbonyl (C=O) groups is 2. The predicted octanol–water partition coefficient (Wildman–Crippen LogP) is -0.220. The Bertz CT molecular complexity index is 230. The number of carbonyl (C=O) groups excluding carboxylic acids is 2. The van der Waals surface area contributed by atoms with Crippen molar-refractivity contribution in [1.82, 2.24) is 9.80 Å². The minimum absolute atomic E-state index is 0.137. The van der Waals surface area contributed by atoms with Crippen LogP contribution < -0.4 is 0 Å². The van der Waals surface area contributed by atoms with Gasteiger partial charge in [-0.2, -0.15) is 0 Å². The number of imide groups is 1. The summed E-state index contributed by atoms with van der Waals surface area (Å²) in [6, 6.07) is -0.222. The molecule has 0 bridgehead atoms. The lowest BCUT2D eigenvalue weighted by molar-refractivity contribution is -0.532. The summed E-state index contributed by atoms with van der Waals surface area (Å²) in [5, 5.41) is 4.07. The third-order valence-corrected chi connectivity index (χ3v) is 1.91. The summed E-state index contributed by atoms with van der Waals surface area (Å²) in [6.07, 6.45) is 0.931. The van der Waals surface area contributed by atoms with Gasteiger partial charge in [-0.3, -0.25) is 9.69 Å². The monoisotopic (exact) mass is 218 g/mol. The summed E-state index contributed by atoms with van der Waals surface area (Å²) in [6.45, 7) is 1.52. The van der Waals surface area contributed by atoms with E-state index < -0.39 is 0 Å². The lowest BCUT2D eigenvalue weighted by Gasteiger charge is -2.06. The van der Waals surface area contributed by atoms with E-state index in [1.807, 2.05) is 0 Å². The Balaban J connectivity index is 0.000000162. The van der Waals surface area contributed by atoms with Gasteiger partial charge in [0.1, 0.15) is 6.54 Å². The zero-order valence-electron chi connectivity index (χ0n) is 8.76. The largest absolute Gasteiger partial charge is 0.326 e. The first-order valence-electron chi connectivity index (χ1n) is 4.55. The molecule has 0 N–H and O–H groups in total. The van der Waals surface area contributed by atoms with Gasteiger partial charge < -0.3 is 4.90 Å². The van der Waals surface area contributed by atoms with Crippen LogP contribution in [0.3, 0.4) is 0 Å². The van der Waals surface area contributed by atoms with Crippen LogP contribution in [0.2, 0.25) is 0 Å². The summed E-state index contributed by atoms with van der Waals surface area (Å²) in [4.78, 5) is 32.6. The van der Waals surface area contributed by atoms with Crippen molar-refractivity contribution in [3.05, 3.63) is 0 Å². The summed E-state index contributed by atoms with van der Waals surface area (Å²) in [7, 11) is 3.08. The fourth-order valence-corrected chi connectivity index (χ4v) is 1.02. The lowest BCUT2D eigenvalue weighted by atomic mass is 10.5. The lowest BCUT2D eigenvalue weighted by Crippen LogP contribution is -2.27. The van der Waals surface area contributed by atoms with Crippen molar-refractivity contribution in [2.75, 3.05) is 33.9 Å². The van der Waals surface area contributed by atoms with Gasteiger partial charge in [0, 0.05) is 20.5 Å². The molecule has 2 aliphatic rings. The van der Waals surface area contributed by atoms with E-state index in [0.717, 1.165) is 11.3 Å². The number of hydrogen-bond acceptors (Lipinski definition) is 5. The average molecular weight is 218 g/mol. The third-order valence-electron chi connectivity index (χ3n) is 1.91. The molecule has 0 spiro atoms. The molecule has 2 fully saturated rings. The van der Waals surface area contributed by atoms with Crippen LogP contribution in [-0.4, -0.2) is 55.6 Å². The first-order chi connectivity index (χ1) is 7.13. The summed E-state index contributed by atoms with van der Waals surface area (Å²) < 4.78 is 0. The van der Waals surface area contributed by atoms with Crippen molar-refractivity contribution in [2.24, 2.45) is 0 Å². The molecule has 0 radical (unpaired) electrons. The highest BCUT2D eigenvalue weighted by Crippen LogP contribution is 2.02. The van der Waals surface area contributed by atoms with E-state index in [0.29, 0.717) is 13.2 Å². The second kappa shape index (κ2) is 5.64. The van der Waals surface area contributed by atoms with Crippen LogP contribution in [0.4, 0.5) is 4.79 Å². The van der Waals surface area contributed by atoms with Crippen molar-refractivity contribution in [2.45, 2.75) is 6.42 Å². The number of likely N-dealkylation sites (N-methyl/N-ethyl adjacent to an activating group) is 2. The standard InChI is InChI=1S/C5H8N2O2.C3H6O3/c1-6-3-4(8)7(2)5(6)9;1-2-4-6-5-3-1/h3H2,1-2H3;1-3H2. The first-order valence-corrected chi connectivity index (χ1v) is 4.55. The maximum Gasteiger partial charge on any atom is 0.326 e. The second-order valence-corrected chi connectivity index (χ2v) is 3.16. The van der Waals surface area contributed by atoms with Gasteiger partial charge in [-0.1, -0.05) is 5.04 Å². The number of hydrogen-bond donors (Lipinski definition) is 0. The smallest absolute Gasteiger partial charge is 0.318 e. The van der Waals surface area contributed by atoms with Crippen LogP contribution in [0, 0.1) is 0 Å². The number of urea groups is 1. The predicted molar refractivity (Wildman–Crippen MR) is 48.4 cm³/mol. The molecule has 15 heavy (non-hydrogen) atoms. The molecule has 2 rings (SSSR count). The highest BCUT2D eigenvalue weighted by atomic mass is 17.5. The Hall–Kier alpha value is -1.18. The summed E-state index contributed by atoms with van der Waals surface area (Å²) in [5.41, 5.74) is 0. The molecule has 0 unspecified atom stereocenters. The zero-order valence-corrected chi connectivity index (χ0v) is 8.76. The van der Waals surface area contributed by atoms with Gasteiger partial charge in [0.25, 0.3) is 0 Å². The van der Waals surface area contributed by atoms with E-state index in [4.69, 9.17) is 0 Å². The fourth-order valence-electron chi connectivity index (χ4n) is 1.02. The van der Waals surface area contributed by atoms with Crippen molar-refractivity contribution in [3.63, 3.8) is 0 Å². The van der Waals surface area contributed by atoms with Gasteiger partial charge in [0.15, 0.2) is 0 Å². The van der Waals surface area contributed by atoms with Gasteiger partial charge in [0.05, 0.1) is 13.2 Å². The van der Waals surface area contributed by atoms with E-state index in [9.17, 15) is 9.59 Å². The zero-order chi connectivity index (χ0) is 11.3. The minimum atomic E-state index is -0.222. The quantitative estimate of drug-likeness (QED) is 0.415. The van der Waals surface area contributed by atoms with Crippen molar-refractivity contribution in [1.29, 1.82) is 0 Å². The maximum absolute atomic E-state index is 10.7. The molecule has 7 heteroatoms. The first kappa shape index (κ1) is 11.9. The van der Waals surface area contributed by atoms with E-state index in [1.165, 1.54) is 11.9 Å². The highest BCUT2D eigenvalue weighted by molar-refractivity contribution is 6.01. The molecule has 2 heterocycles. The molecule has 2 saturated heterocycles. The number of amides is 3. The van der Waals surface area contributed by atoms with Gasteiger partial charge in [0.2, 0.25) is 5.91 Å². The topological polar surface area (TPSA) is 68.3 Å². The molecule has 86 valence electrons. The van der Waals surface area contributed by atoms with Crippen molar-refractivity contribution in [3.8, 4) is 0 Å². The van der Waals surface area contributed by atoms with Crippen LogP contribution >= 0.6 is 0 Å². The molecule has 0 aromatic carbocycles. The van der Waals surface area contributed by atoms with E-state index in [-0.39, 0.29) is 18.5 Å². The molecule has 3 amide bonds. The molecule has 0 aromatic heterocycles. The van der Waals surface area contributed by atoms with Gasteiger partial charge >= 0.3 is 6.03 Å². The van der Waals surface area contributed by atoms with Crippen LogP contribution in [0.1, 0.15) is 6.42 Å². The number of nitrogens with zero attached hydrogens (tertiary/aromatic N) is 2. The van der Waals surface area contributed by atoms with Gasteiger partial charge in [-0.05, 0) is 0 Å². The Morgan fingerprint density at radius 3 is 1.87 bits per heavy atom. The molecular weight excluding hydrogens is 204 g/mol. The third kappa shape index (κ3) is 3.46. The normalized spacial score (nSPS) is 21.5. The van der Waals surface area contributed by atoms with Crippen molar-refractivity contribution >= 4 is 11.9 Å². The Labute approximate surface area is 87.3 Å². The molecule has 0 aromatic rings. The van der Waals surface area contributed by atoms with E-state index in [1.54, 1.807) is 7.05 Å². The van der Waals surface area contributed by atoms with E-state index in [2.05, 4.69) is 14.8 Å². The maximum atomic E-state index is 10.7. The Morgan fingerprint density at radius 2 is 1.73 bits per heavy atom. The second-order valence-electron chi connectivity index (χ2n) is 3.16. The van der Waals surface area contributed by atoms with Crippen molar-refractivity contribution < 1.29 is 24.4 Å². The van der Waals surface area contributed by atoms with Gasteiger partial charge in [-0.25, -0.2) is 14.6 Å². The SMILES string of the molecule is C1COOOC1.CN1CC(=O)N(C)C1=O. The minimum Gasteiger partial charge on any atom is -0.318 e. The van der Waals surface area contributed by atoms with Crippen LogP contribution in [0.15, 0.2) is 0 Å². The van der Waals surface area contributed by atoms with E-state index >= 15 is 0 Å². The molecule has 0 atom stereocenters. The van der Waals surface area contributed by atoms with Crippen LogP contribution in [0.25, 0.3) is 0 Å². The summed E-state index contributed by atoms with van der Waals surface area (Å²) in [5.74, 6) is -0.137. The van der Waals surface area contributed by atoms with Gasteiger partial charge in [-0.15, -0.1) is 0 Å². The summed E-state index contributed by atoms with van der Waals surface area (Å²) >= 11 is 0. The molecule has 0 saturated carbocycles. The van der Waals surface area contributed by atoms with Crippen LogP contribution in [0.5, 0.6) is 0 Å². The molecule has 0 aliphatic carbocycles. The van der Waals surface area contributed by atoms with Crippen LogP contribution in [-0.2, 0) is 19.6 Å². The Morgan fingerprint density at radius 1 is 1.13 bits per heavy atom. The average Bonchev–Trinajstić information content (AvgIpc) is 2.49. The molecule has 2 aliphatic heterocycles. The fraction of sp³-hybridized carbons (Fsp3) is 0.750. The highest BCUT2D eigenvalue weighted by Gasteiger charge is 2.29. The number of rotatable bonds is 0. The molecular formula is C8H14N2O5. The molecule has 7 nitrogen and oxygen atoms in total.